The molecule has 0 saturated heterocycles. The Morgan fingerprint density at radius 2 is 2.04 bits per heavy atom. The Kier molecular flexibility index (Phi) is 3.36. The number of hydrogen-bond donors (Lipinski definition) is 3. The first kappa shape index (κ1) is 14.8. The molecule has 0 aliphatic heterocycles. The molecule has 1 aromatic carbocycles. The van der Waals surface area contributed by atoms with E-state index in [0.29, 0.717) is 27.8 Å². The standard InChI is InChI=1S/C15H16N6O2/c1-7-12(8(2)21(3)20-7)15(23)17-9-4-5-11-10(6-9)13(14(16)22)19-18-11/h4-6H,1-3H3,(H2,16,22)(H,17,23)(H,18,19). The molecule has 118 valence electrons. The Balaban J connectivity index is 1.96. The van der Waals surface area contributed by atoms with Gasteiger partial charge < -0.3 is 11.1 Å². The van der Waals surface area contributed by atoms with Crippen molar-refractivity contribution in [3.8, 4) is 0 Å². The van der Waals surface area contributed by atoms with Crippen LogP contribution in [0.1, 0.15) is 32.2 Å². The first-order valence-electron chi connectivity index (χ1n) is 6.98. The zero-order valence-electron chi connectivity index (χ0n) is 13.0. The van der Waals surface area contributed by atoms with Crippen LogP contribution in [-0.4, -0.2) is 31.8 Å². The van der Waals surface area contributed by atoms with Crippen molar-refractivity contribution in [3.63, 3.8) is 0 Å². The molecule has 0 unspecified atom stereocenters. The van der Waals surface area contributed by atoms with Gasteiger partial charge in [0.05, 0.1) is 16.8 Å². The Hall–Kier alpha value is -3.16. The van der Waals surface area contributed by atoms with E-state index in [0.717, 1.165) is 5.69 Å². The lowest BCUT2D eigenvalue weighted by molar-refractivity contribution is 0.0994. The van der Waals surface area contributed by atoms with Crippen LogP contribution < -0.4 is 11.1 Å². The summed E-state index contributed by atoms with van der Waals surface area (Å²) >= 11 is 0. The van der Waals surface area contributed by atoms with Crippen LogP contribution in [0.15, 0.2) is 18.2 Å². The number of fused-ring (bicyclic) bond motifs is 1. The number of nitrogens with two attached hydrogens (primary N) is 1. The van der Waals surface area contributed by atoms with Crippen LogP contribution >= 0.6 is 0 Å². The van der Waals surface area contributed by atoms with Crippen molar-refractivity contribution in [1.82, 2.24) is 20.0 Å². The van der Waals surface area contributed by atoms with E-state index in [1.54, 1.807) is 36.9 Å². The Morgan fingerprint density at radius 3 is 2.65 bits per heavy atom. The molecular weight excluding hydrogens is 296 g/mol. The van der Waals surface area contributed by atoms with E-state index in [4.69, 9.17) is 5.73 Å². The van der Waals surface area contributed by atoms with Crippen molar-refractivity contribution < 1.29 is 9.59 Å². The fourth-order valence-corrected chi connectivity index (χ4v) is 2.58. The summed E-state index contributed by atoms with van der Waals surface area (Å²) in [5.74, 6) is -0.879. The number of H-pyrrole nitrogens is 1. The van der Waals surface area contributed by atoms with Gasteiger partial charge in [-0.1, -0.05) is 0 Å². The van der Waals surface area contributed by atoms with Crippen LogP contribution in [0.25, 0.3) is 10.9 Å². The number of amides is 2. The van der Waals surface area contributed by atoms with Crippen molar-refractivity contribution in [2.45, 2.75) is 13.8 Å². The molecule has 3 aromatic rings. The molecule has 0 aliphatic rings. The number of primary amides is 1. The molecule has 4 N–H and O–H groups in total. The number of aromatic amines is 1. The lowest BCUT2D eigenvalue weighted by Gasteiger charge is -2.06. The van der Waals surface area contributed by atoms with E-state index in [9.17, 15) is 9.59 Å². The number of nitrogens with one attached hydrogen (secondary N) is 2. The highest BCUT2D eigenvalue weighted by molar-refractivity contribution is 6.08. The summed E-state index contributed by atoms with van der Waals surface area (Å²) in [5.41, 5.74) is 8.63. The van der Waals surface area contributed by atoms with Gasteiger partial charge >= 0.3 is 0 Å². The fraction of sp³-hybridized carbons (Fsp3) is 0.200. The number of carbonyl (C=O) groups excluding carboxylic acids is 2. The lowest BCUT2D eigenvalue weighted by Crippen LogP contribution is -2.14. The topological polar surface area (TPSA) is 119 Å². The SMILES string of the molecule is Cc1nn(C)c(C)c1C(=O)Nc1ccc2[nH]nc(C(N)=O)c2c1. The monoisotopic (exact) mass is 312 g/mol. The quantitative estimate of drug-likeness (QED) is 0.674. The minimum Gasteiger partial charge on any atom is -0.364 e. The molecular formula is C15H16N6O2. The Morgan fingerprint density at radius 1 is 1.30 bits per heavy atom. The molecule has 3 rings (SSSR count). The number of carbonyl (C=O) groups is 2. The van der Waals surface area contributed by atoms with Crippen molar-refractivity contribution in [3.05, 3.63) is 40.8 Å². The van der Waals surface area contributed by atoms with Gasteiger partial charge in [-0.05, 0) is 32.0 Å². The zero-order chi connectivity index (χ0) is 16.7. The summed E-state index contributed by atoms with van der Waals surface area (Å²) in [6.45, 7) is 3.62. The summed E-state index contributed by atoms with van der Waals surface area (Å²) in [5, 5.41) is 14.2. The van der Waals surface area contributed by atoms with Gasteiger partial charge in [-0.2, -0.15) is 10.2 Å². The van der Waals surface area contributed by atoms with E-state index >= 15 is 0 Å². The van der Waals surface area contributed by atoms with Gasteiger partial charge in [-0.3, -0.25) is 19.4 Å². The molecule has 23 heavy (non-hydrogen) atoms. The van der Waals surface area contributed by atoms with Gasteiger partial charge in [0.25, 0.3) is 11.8 Å². The third-order valence-corrected chi connectivity index (χ3v) is 3.79. The maximum atomic E-state index is 12.5. The molecule has 0 bridgehead atoms. The first-order valence-corrected chi connectivity index (χ1v) is 6.98. The van der Waals surface area contributed by atoms with Gasteiger partial charge in [0.1, 0.15) is 0 Å². The largest absolute Gasteiger partial charge is 0.364 e. The molecule has 0 spiro atoms. The van der Waals surface area contributed by atoms with Crippen LogP contribution in [0, 0.1) is 13.8 Å². The van der Waals surface area contributed by atoms with E-state index in [-0.39, 0.29) is 11.6 Å². The molecule has 2 aromatic heterocycles. The second-order valence-corrected chi connectivity index (χ2v) is 5.32. The Labute approximate surface area is 131 Å². The highest BCUT2D eigenvalue weighted by atomic mass is 16.2. The number of hydrogen-bond acceptors (Lipinski definition) is 4. The second kappa shape index (κ2) is 5.24. The molecule has 0 fully saturated rings. The van der Waals surface area contributed by atoms with Crippen molar-refractivity contribution in [2.24, 2.45) is 12.8 Å². The first-order chi connectivity index (χ1) is 10.9. The smallest absolute Gasteiger partial charge is 0.269 e. The van der Waals surface area contributed by atoms with E-state index in [2.05, 4.69) is 20.6 Å². The molecule has 8 heteroatoms. The zero-order valence-corrected chi connectivity index (χ0v) is 13.0. The lowest BCUT2D eigenvalue weighted by atomic mass is 10.1. The maximum absolute atomic E-state index is 12.5. The number of nitrogens with zero attached hydrogens (tertiary/aromatic N) is 3. The minimum atomic E-state index is -0.626. The molecule has 0 saturated carbocycles. The Bertz CT molecular complexity index is 937. The average molecular weight is 312 g/mol. The minimum absolute atomic E-state index is 0.143. The maximum Gasteiger partial charge on any atom is 0.269 e. The van der Waals surface area contributed by atoms with E-state index in [1.165, 1.54) is 0 Å². The van der Waals surface area contributed by atoms with Crippen molar-refractivity contribution in [2.75, 3.05) is 5.32 Å². The highest BCUT2D eigenvalue weighted by Crippen LogP contribution is 2.22. The molecule has 0 radical (unpaired) electrons. The number of aromatic nitrogens is 4. The van der Waals surface area contributed by atoms with Crippen molar-refractivity contribution >= 4 is 28.4 Å². The highest BCUT2D eigenvalue weighted by Gasteiger charge is 2.18. The van der Waals surface area contributed by atoms with E-state index in [1.807, 2.05) is 6.92 Å². The molecule has 2 amide bonds. The van der Waals surface area contributed by atoms with Gasteiger partial charge in [0, 0.05) is 23.8 Å². The summed E-state index contributed by atoms with van der Waals surface area (Å²) in [6, 6.07) is 5.12. The van der Waals surface area contributed by atoms with Gasteiger partial charge in [-0.25, -0.2) is 0 Å². The van der Waals surface area contributed by atoms with Crippen molar-refractivity contribution in [1.29, 1.82) is 0 Å². The third-order valence-electron chi connectivity index (χ3n) is 3.79. The van der Waals surface area contributed by atoms with Crippen LogP contribution in [0.4, 0.5) is 5.69 Å². The summed E-state index contributed by atoms with van der Waals surface area (Å²) in [4.78, 5) is 23.8. The predicted molar refractivity (Wildman–Crippen MR) is 85.2 cm³/mol. The predicted octanol–water partition coefficient (Wildman–Crippen LogP) is 1.26. The number of anilines is 1. The van der Waals surface area contributed by atoms with E-state index < -0.39 is 5.91 Å². The molecule has 2 heterocycles. The summed E-state index contributed by atoms with van der Waals surface area (Å²) < 4.78 is 1.66. The van der Waals surface area contributed by atoms with Gasteiger partial charge in [0.15, 0.2) is 5.69 Å². The normalized spacial score (nSPS) is 10.9. The van der Waals surface area contributed by atoms with Crippen LogP contribution in [0.2, 0.25) is 0 Å². The average Bonchev–Trinajstić information content (AvgIpc) is 3.00. The molecule has 0 aliphatic carbocycles. The van der Waals surface area contributed by atoms with Gasteiger partial charge in [-0.15, -0.1) is 0 Å². The molecule has 0 atom stereocenters. The number of aryl methyl sites for hydroxylation is 2. The second-order valence-electron chi connectivity index (χ2n) is 5.32. The van der Waals surface area contributed by atoms with Crippen LogP contribution in [-0.2, 0) is 7.05 Å². The summed E-state index contributed by atoms with van der Waals surface area (Å²) in [7, 11) is 1.79. The fourth-order valence-electron chi connectivity index (χ4n) is 2.58. The van der Waals surface area contributed by atoms with Crippen LogP contribution in [0.3, 0.4) is 0 Å². The van der Waals surface area contributed by atoms with Gasteiger partial charge in [0.2, 0.25) is 0 Å². The number of rotatable bonds is 3. The van der Waals surface area contributed by atoms with Crippen LogP contribution in [0.5, 0.6) is 0 Å². The third kappa shape index (κ3) is 2.44. The summed E-state index contributed by atoms with van der Waals surface area (Å²) in [6.07, 6.45) is 0. The number of benzene rings is 1. The molecule has 8 nitrogen and oxygen atoms in total.